The van der Waals surface area contributed by atoms with Gasteiger partial charge in [-0.25, -0.2) is 9.78 Å². The van der Waals surface area contributed by atoms with E-state index in [2.05, 4.69) is 4.98 Å². The summed E-state index contributed by atoms with van der Waals surface area (Å²) in [6.07, 6.45) is 0.0961. The van der Waals surface area contributed by atoms with Gasteiger partial charge in [0, 0.05) is 13.1 Å². The van der Waals surface area contributed by atoms with Gasteiger partial charge in [0.05, 0.1) is 28.7 Å². The molecule has 0 N–H and O–H groups in total. The Morgan fingerprint density at radius 2 is 1.92 bits per heavy atom. The van der Waals surface area contributed by atoms with Crippen LogP contribution in [0, 0.1) is 0 Å². The van der Waals surface area contributed by atoms with Crippen LogP contribution in [0.25, 0.3) is 0 Å². The summed E-state index contributed by atoms with van der Waals surface area (Å²) in [7, 11) is 0. The zero-order chi connectivity index (χ0) is 18.7. The third-order valence-electron chi connectivity index (χ3n) is 3.36. The maximum atomic E-state index is 12.3. The number of ether oxygens (including phenoxy) is 2. The molecule has 0 bridgehead atoms. The van der Waals surface area contributed by atoms with Crippen LogP contribution in [-0.2, 0) is 9.47 Å². The highest BCUT2D eigenvalue weighted by Gasteiger charge is 2.29. The first-order chi connectivity index (χ1) is 11.7. The summed E-state index contributed by atoms with van der Waals surface area (Å²) in [5, 5.41) is 0.0615. The second-order valence-corrected chi connectivity index (χ2v) is 8.20. The molecule has 1 aliphatic rings. The molecule has 10 heteroatoms. The number of hydrogen-bond acceptors (Lipinski definition) is 6. The molecule has 1 aromatic rings. The van der Waals surface area contributed by atoms with Crippen molar-refractivity contribution in [2.24, 2.45) is 0 Å². The maximum Gasteiger partial charge on any atom is 0.342 e. The van der Waals surface area contributed by atoms with Gasteiger partial charge in [0.1, 0.15) is 15.0 Å². The fourth-order valence-corrected chi connectivity index (χ4v) is 4.61. The van der Waals surface area contributed by atoms with Gasteiger partial charge in [-0.1, -0.05) is 58.8 Å². The maximum absolute atomic E-state index is 12.3. The predicted molar refractivity (Wildman–Crippen MR) is 105 cm³/mol. The molecule has 25 heavy (non-hydrogen) atoms. The molecule has 0 amide bonds. The lowest BCUT2D eigenvalue weighted by Crippen LogP contribution is -2.46. The first-order valence-electron chi connectivity index (χ1n) is 7.58. The zero-order valence-corrected chi connectivity index (χ0v) is 17.7. The van der Waals surface area contributed by atoms with Crippen LogP contribution in [0.15, 0.2) is 4.90 Å². The highest BCUT2D eigenvalue weighted by molar-refractivity contribution is 8.23. The number of rotatable bonds is 3. The molecule has 1 aliphatic heterocycles. The Balaban J connectivity index is 2.34. The lowest BCUT2D eigenvalue weighted by molar-refractivity contribution is -0.0465. The molecule has 1 saturated heterocycles. The molecule has 2 heterocycles. The number of morpholine rings is 1. The van der Waals surface area contributed by atoms with E-state index in [1.807, 2.05) is 18.7 Å². The smallest absolute Gasteiger partial charge is 0.342 e. The molecule has 0 aliphatic carbocycles. The van der Waals surface area contributed by atoms with Crippen molar-refractivity contribution in [3.63, 3.8) is 0 Å². The summed E-state index contributed by atoms with van der Waals surface area (Å²) in [5.74, 6) is -0.618. The predicted octanol–water partition coefficient (Wildman–Crippen LogP) is 4.70. The monoisotopic (exact) mass is 442 g/mol. The van der Waals surface area contributed by atoms with Crippen molar-refractivity contribution in [1.82, 2.24) is 9.88 Å². The number of hydrogen-bond donors (Lipinski definition) is 0. The highest BCUT2D eigenvalue weighted by Crippen LogP contribution is 2.40. The molecule has 0 saturated carbocycles. The summed E-state index contributed by atoms with van der Waals surface area (Å²) in [6.45, 7) is 7.15. The molecule has 0 aromatic carbocycles. The molecule has 2 unspecified atom stereocenters. The molecule has 138 valence electrons. The van der Waals surface area contributed by atoms with Gasteiger partial charge in [-0.05, 0) is 20.8 Å². The quantitative estimate of drug-likeness (QED) is 0.290. The standard InChI is InChI=1S/C15H17Cl3N2O3S2/c1-4-22-14(21)9-11(10(16)13(18)19-12(9)17)25-15(24)20-5-7(2)23-8(3)6-20/h7-8H,4-6H2,1-3H3. The SMILES string of the molecule is CCOC(=O)c1c(Cl)nc(Cl)c(Cl)c1SC(=S)N1CC(C)OC(C)C1. The van der Waals surface area contributed by atoms with Crippen LogP contribution < -0.4 is 0 Å². The van der Waals surface area contributed by atoms with Crippen molar-refractivity contribution in [2.45, 2.75) is 37.9 Å². The molecule has 0 spiro atoms. The van der Waals surface area contributed by atoms with Gasteiger partial charge >= 0.3 is 5.97 Å². The lowest BCUT2D eigenvalue weighted by Gasteiger charge is -2.36. The van der Waals surface area contributed by atoms with Crippen molar-refractivity contribution in [3.8, 4) is 0 Å². The fourth-order valence-electron chi connectivity index (χ4n) is 2.44. The number of halogens is 3. The van der Waals surface area contributed by atoms with Crippen molar-refractivity contribution in [2.75, 3.05) is 19.7 Å². The normalized spacial score (nSPS) is 20.5. The van der Waals surface area contributed by atoms with Crippen LogP contribution in [-0.4, -0.2) is 52.1 Å². The Bertz CT molecular complexity index is 680. The molecule has 0 radical (unpaired) electrons. The van der Waals surface area contributed by atoms with Gasteiger partial charge in [0.15, 0.2) is 5.15 Å². The third kappa shape index (κ3) is 5.11. The van der Waals surface area contributed by atoms with Gasteiger partial charge in [-0.3, -0.25) is 0 Å². The number of pyridine rings is 1. The zero-order valence-electron chi connectivity index (χ0n) is 13.8. The number of esters is 1. The van der Waals surface area contributed by atoms with Crippen molar-refractivity contribution in [3.05, 3.63) is 20.9 Å². The van der Waals surface area contributed by atoms with Crippen LogP contribution in [0.1, 0.15) is 31.1 Å². The minimum absolute atomic E-state index is 0.00808. The van der Waals surface area contributed by atoms with E-state index in [4.69, 9.17) is 56.5 Å². The summed E-state index contributed by atoms with van der Waals surface area (Å²) in [5.41, 5.74) is 0.0691. The average Bonchev–Trinajstić information content (AvgIpc) is 2.51. The van der Waals surface area contributed by atoms with E-state index in [1.54, 1.807) is 6.92 Å². The Hall–Kier alpha value is -0.310. The van der Waals surface area contributed by atoms with Crippen molar-refractivity contribution in [1.29, 1.82) is 0 Å². The summed E-state index contributed by atoms with van der Waals surface area (Å²) in [4.78, 5) is 18.5. The Morgan fingerprint density at radius 1 is 1.32 bits per heavy atom. The molecule has 2 rings (SSSR count). The van der Waals surface area contributed by atoms with E-state index < -0.39 is 5.97 Å². The van der Waals surface area contributed by atoms with E-state index >= 15 is 0 Å². The van der Waals surface area contributed by atoms with E-state index in [1.165, 1.54) is 0 Å². The number of carbonyl (C=O) groups is 1. The van der Waals surface area contributed by atoms with Gasteiger partial charge in [0.2, 0.25) is 0 Å². The minimum Gasteiger partial charge on any atom is -0.462 e. The van der Waals surface area contributed by atoms with Crippen LogP contribution >= 0.6 is 58.8 Å². The molecule has 1 fully saturated rings. The van der Waals surface area contributed by atoms with Crippen LogP contribution in [0.4, 0.5) is 0 Å². The average molecular weight is 444 g/mol. The number of thioether (sulfide) groups is 1. The molecular formula is C15H17Cl3N2O3S2. The van der Waals surface area contributed by atoms with Crippen LogP contribution in [0.3, 0.4) is 0 Å². The van der Waals surface area contributed by atoms with Crippen molar-refractivity contribution < 1.29 is 14.3 Å². The van der Waals surface area contributed by atoms with Crippen LogP contribution in [0.2, 0.25) is 15.3 Å². The summed E-state index contributed by atoms with van der Waals surface area (Å²) >= 11 is 25.1. The lowest BCUT2D eigenvalue weighted by atomic mass is 10.2. The summed E-state index contributed by atoms with van der Waals surface area (Å²) in [6, 6.07) is 0. The number of thiocarbonyl (C=S) groups is 1. The van der Waals surface area contributed by atoms with Crippen molar-refractivity contribution >= 4 is 69.1 Å². The number of carbonyl (C=O) groups excluding carboxylic acids is 1. The van der Waals surface area contributed by atoms with E-state index in [-0.39, 0.29) is 39.7 Å². The number of aromatic nitrogens is 1. The highest BCUT2D eigenvalue weighted by atomic mass is 35.5. The molecule has 5 nitrogen and oxygen atoms in total. The van der Waals surface area contributed by atoms with Gasteiger partial charge in [-0.2, -0.15) is 0 Å². The van der Waals surface area contributed by atoms with E-state index in [0.29, 0.717) is 22.3 Å². The Kier molecular flexibility index (Phi) is 7.61. The van der Waals surface area contributed by atoms with E-state index in [0.717, 1.165) is 11.8 Å². The topological polar surface area (TPSA) is 51.7 Å². The molecule has 1 aromatic heterocycles. The molecular weight excluding hydrogens is 427 g/mol. The summed E-state index contributed by atoms with van der Waals surface area (Å²) < 4.78 is 11.3. The Labute approximate surface area is 171 Å². The number of nitrogens with zero attached hydrogens (tertiary/aromatic N) is 2. The Morgan fingerprint density at radius 3 is 2.48 bits per heavy atom. The first-order valence-corrected chi connectivity index (χ1v) is 9.94. The van der Waals surface area contributed by atoms with E-state index in [9.17, 15) is 4.79 Å². The van der Waals surface area contributed by atoms with Crippen LogP contribution in [0.5, 0.6) is 0 Å². The second-order valence-electron chi connectivity index (χ2n) is 5.46. The fraction of sp³-hybridized carbons (Fsp3) is 0.533. The van der Waals surface area contributed by atoms with Gasteiger partial charge in [-0.15, -0.1) is 0 Å². The molecule has 2 atom stereocenters. The second kappa shape index (κ2) is 9.06. The largest absolute Gasteiger partial charge is 0.462 e. The van der Waals surface area contributed by atoms with Gasteiger partial charge in [0.25, 0.3) is 0 Å². The third-order valence-corrected chi connectivity index (χ3v) is 6.03. The first kappa shape index (κ1) is 21.0. The van der Waals surface area contributed by atoms with Gasteiger partial charge < -0.3 is 14.4 Å². The minimum atomic E-state index is -0.618.